The summed E-state index contributed by atoms with van der Waals surface area (Å²) in [5.74, 6) is 0. The highest BCUT2D eigenvalue weighted by atomic mass is 35.5. The molecule has 20 heavy (non-hydrogen) atoms. The molecule has 0 bridgehead atoms. The lowest BCUT2D eigenvalue weighted by atomic mass is 9.78. The monoisotopic (exact) mass is 308 g/mol. The molecule has 1 aromatic carbocycles. The number of nitrogens with zero attached hydrogens (tertiary/aromatic N) is 2. The number of methoxy groups -OCH3 is 1. The third kappa shape index (κ3) is 2.30. The maximum Gasteiger partial charge on any atom is 0.224 e. The Morgan fingerprint density at radius 2 is 1.90 bits per heavy atom. The maximum atomic E-state index is 6.23. The summed E-state index contributed by atoms with van der Waals surface area (Å²) in [5, 5.41) is 0.635. The normalized spacial score (nSPS) is 21.6. The van der Waals surface area contributed by atoms with E-state index in [1.54, 1.807) is 7.11 Å². The molecule has 1 atom stereocenters. The van der Waals surface area contributed by atoms with E-state index in [2.05, 4.69) is 22.1 Å². The number of aromatic nitrogens is 2. The summed E-state index contributed by atoms with van der Waals surface area (Å²) >= 11 is 12.1. The van der Waals surface area contributed by atoms with Gasteiger partial charge < -0.3 is 4.74 Å². The van der Waals surface area contributed by atoms with Gasteiger partial charge in [-0.05, 0) is 30.0 Å². The maximum absolute atomic E-state index is 6.23. The molecule has 5 heteroatoms. The topological polar surface area (TPSA) is 35.0 Å². The van der Waals surface area contributed by atoms with Crippen LogP contribution in [0.5, 0.6) is 0 Å². The van der Waals surface area contributed by atoms with Crippen molar-refractivity contribution in [2.75, 3.05) is 7.11 Å². The summed E-state index contributed by atoms with van der Waals surface area (Å²) in [7, 11) is 1.74. The van der Waals surface area contributed by atoms with Gasteiger partial charge in [0.15, 0.2) is 0 Å². The molecule has 0 amide bonds. The molecular formula is C15H14Cl2N2O. The molecule has 2 aromatic rings. The molecule has 0 spiro atoms. The van der Waals surface area contributed by atoms with Crippen LogP contribution in [0.15, 0.2) is 30.3 Å². The Morgan fingerprint density at radius 1 is 1.15 bits per heavy atom. The van der Waals surface area contributed by atoms with E-state index in [1.165, 1.54) is 0 Å². The molecule has 3 nitrogen and oxygen atoms in total. The van der Waals surface area contributed by atoms with Crippen molar-refractivity contribution in [2.24, 2.45) is 0 Å². The number of rotatable bonds is 2. The third-order valence-corrected chi connectivity index (χ3v) is 4.42. The van der Waals surface area contributed by atoms with Crippen LogP contribution in [0.25, 0.3) is 0 Å². The van der Waals surface area contributed by atoms with Gasteiger partial charge in [0.1, 0.15) is 5.15 Å². The number of ether oxygens (including phenoxy) is 1. The highest BCUT2D eigenvalue weighted by Gasteiger charge is 2.38. The van der Waals surface area contributed by atoms with Crippen LogP contribution in [0, 0.1) is 0 Å². The number of hydrogen-bond donors (Lipinski definition) is 0. The van der Waals surface area contributed by atoms with Crippen molar-refractivity contribution in [2.45, 2.75) is 24.9 Å². The van der Waals surface area contributed by atoms with Crippen molar-refractivity contribution in [3.05, 3.63) is 57.6 Å². The van der Waals surface area contributed by atoms with Gasteiger partial charge in [0.05, 0.1) is 11.3 Å². The average Bonchev–Trinajstić information content (AvgIpc) is 2.48. The Bertz CT molecular complexity index is 633. The summed E-state index contributed by atoms with van der Waals surface area (Å²) in [6.45, 7) is 0. The van der Waals surface area contributed by atoms with Crippen LogP contribution in [0.2, 0.25) is 10.4 Å². The molecular weight excluding hydrogens is 295 g/mol. The van der Waals surface area contributed by atoms with Gasteiger partial charge in [-0.3, -0.25) is 0 Å². The molecule has 0 N–H and O–H groups in total. The minimum absolute atomic E-state index is 0.207. The van der Waals surface area contributed by atoms with E-state index in [1.807, 2.05) is 18.2 Å². The molecule has 1 aliphatic rings. The molecule has 0 fully saturated rings. The van der Waals surface area contributed by atoms with E-state index in [0.717, 1.165) is 29.7 Å². The second kappa shape index (κ2) is 5.32. The number of fused-ring (bicyclic) bond motifs is 1. The van der Waals surface area contributed by atoms with Crippen LogP contribution in [-0.2, 0) is 23.2 Å². The fourth-order valence-corrected chi connectivity index (χ4v) is 3.31. The Morgan fingerprint density at radius 3 is 2.60 bits per heavy atom. The first-order valence-electron chi connectivity index (χ1n) is 6.46. The van der Waals surface area contributed by atoms with Gasteiger partial charge in [-0.15, -0.1) is 0 Å². The lowest BCUT2D eigenvalue weighted by molar-refractivity contribution is -0.0270. The minimum atomic E-state index is -0.366. The van der Waals surface area contributed by atoms with Crippen molar-refractivity contribution in [3.8, 4) is 0 Å². The zero-order chi connectivity index (χ0) is 14.2. The molecule has 104 valence electrons. The molecule has 0 saturated carbocycles. The molecule has 0 radical (unpaired) electrons. The summed E-state index contributed by atoms with van der Waals surface area (Å²) in [4.78, 5) is 8.33. The van der Waals surface area contributed by atoms with Crippen LogP contribution < -0.4 is 0 Å². The first kappa shape index (κ1) is 13.8. The fourth-order valence-electron chi connectivity index (χ4n) is 2.83. The first-order valence-corrected chi connectivity index (χ1v) is 7.22. The van der Waals surface area contributed by atoms with Crippen LogP contribution in [-0.4, -0.2) is 17.1 Å². The van der Waals surface area contributed by atoms with E-state index in [-0.39, 0.29) is 10.9 Å². The van der Waals surface area contributed by atoms with Crippen molar-refractivity contribution >= 4 is 23.2 Å². The summed E-state index contributed by atoms with van der Waals surface area (Å²) in [6.07, 6.45) is 2.29. The van der Waals surface area contributed by atoms with Gasteiger partial charge in [-0.2, -0.15) is 0 Å². The molecule has 1 aromatic heterocycles. The quantitative estimate of drug-likeness (QED) is 0.625. The minimum Gasteiger partial charge on any atom is -0.373 e. The highest BCUT2D eigenvalue weighted by Crippen LogP contribution is 2.40. The van der Waals surface area contributed by atoms with Crippen LogP contribution in [0.1, 0.15) is 23.2 Å². The molecule has 0 unspecified atom stereocenters. The van der Waals surface area contributed by atoms with E-state index in [4.69, 9.17) is 27.9 Å². The van der Waals surface area contributed by atoms with Gasteiger partial charge in [0.25, 0.3) is 0 Å². The van der Waals surface area contributed by atoms with Gasteiger partial charge in [0.2, 0.25) is 5.28 Å². The van der Waals surface area contributed by atoms with Crippen molar-refractivity contribution < 1.29 is 4.74 Å². The molecule has 3 rings (SSSR count). The first-order chi connectivity index (χ1) is 9.64. The molecule has 0 aliphatic heterocycles. The predicted molar refractivity (Wildman–Crippen MR) is 79.2 cm³/mol. The summed E-state index contributed by atoms with van der Waals surface area (Å²) < 4.78 is 5.86. The van der Waals surface area contributed by atoms with Gasteiger partial charge in [-0.25, -0.2) is 9.97 Å². The third-order valence-electron chi connectivity index (χ3n) is 3.93. The number of hydrogen-bond acceptors (Lipinski definition) is 3. The Labute approximate surface area is 127 Å². The van der Waals surface area contributed by atoms with Crippen LogP contribution >= 0.6 is 23.2 Å². The molecule has 1 aliphatic carbocycles. The number of benzene rings is 1. The SMILES string of the molecule is CO[C@]1(c2ccccc2)CCc2nc(Cl)nc(Cl)c2C1. The van der Waals surface area contributed by atoms with Gasteiger partial charge in [-0.1, -0.05) is 41.9 Å². The highest BCUT2D eigenvalue weighted by molar-refractivity contribution is 6.32. The Kier molecular flexibility index (Phi) is 3.67. The lowest BCUT2D eigenvalue weighted by Gasteiger charge is -2.37. The van der Waals surface area contributed by atoms with Crippen molar-refractivity contribution in [1.29, 1.82) is 0 Å². The van der Waals surface area contributed by atoms with Crippen molar-refractivity contribution in [3.63, 3.8) is 0 Å². The van der Waals surface area contributed by atoms with E-state index < -0.39 is 0 Å². The zero-order valence-electron chi connectivity index (χ0n) is 11.1. The van der Waals surface area contributed by atoms with Crippen LogP contribution in [0.3, 0.4) is 0 Å². The number of halogens is 2. The average molecular weight is 309 g/mol. The molecule has 0 saturated heterocycles. The van der Waals surface area contributed by atoms with E-state index in [9.17, 15) is 0 Å². The second-order valence-electron chi connectivity index (χ2n) is 4.95. The zero-order valence-corrected chi connectivity index (χ0v) is 12.6. The number of aryl methyl sites for hydroxylation is 1. The Balaban J connectivity index is 2.06. The molecule has 1 heterocycles. The summed E-state index contributed by atoms with van der Waals surface area (Å²) in [5.41, 5.74) is 2.65. The fraction of sp³-hybridized carbons (Fsp3) is 0.333. The van der Waals surface area contributed by atoms with E-state index in [0.29, 0.717) is 11.6 Å². The van der Waals surface area contributed by atoms with Gasteiger partial charge >= 0.3 is 0 Å². The smallest absolute Gasteiger partial charge is 0.224 e. The van der Waals surface area contributed by atoms with Gasteiger partial charge in [0, 0.05) is 19.1 Å². The van der Waals surface area contributed by atoms with Crippen LogP contribution in [0.4, 0.5) is 0 Å². The second-order valence-corrected chi connectivity index (χ2v) is 5.65. The van der Waals surface area contributed by atoms with E-state index >= 15 is 0 Å². The summed E-state index contributed by atoms with van der Waals surface area (Å²) in [6, 6.07) is 10.2. The lowest BCUT2D eigenvalue weighted by Crippen LogP contribution is -2.36. The van der Waals surface area contributed by atoms with Crippen molar-refractivity contribution in [1.82, 2.24) is 9.97 Å². The Hall–Kier alpha value is -1.16. The standard InChI is InChI=1S/C15H14Cl2N2O/c1-20-15(10-5-3-2-4-6-10)8-7-12-11(9-15)13(16)19-14(17)18-12/h2-6H,7-9H2,1H3/t15-/m1/s1. The largest absolute Gasteiger partial charge is 0.373 e. The predicted octanol–water partition coefficient (Wildman–Crippen LogP) is 3.81.